The fourth-order valence-corrected chi connectivity index (χ4v) is 4.23. The van der Waals surface area contributed by atoms with Crippen molar-refractivity contribution in [2.75, 3.05) is 6.61 Å². The van der Waals surface area contributed by atoms with E-state index in [4.69, 9.17) is 18.7 Å². The van der Waals surface area contributed by atoms with Gasteiger partial charge in [0, 0.05) is 34.2 Å². The van der Waals surface area contributed by atoms with E-state index in [-0.39, 0.29) is 25.5 Å². The first kappa shape index (κ1) is 28.6. The number of hydrogen-bond acceptors (Lipinski definition) is 7. The molecular formula is C31H33FN2O6. The Hall–Kier alpha value is -4.40. The van der Waals surface area contributed by atoms with Gasteiger partial charge in [-0.2, -0.15) is 0 Å². The highest BCUT2D eigenvalue weighted by Crippen LogP contribution is 2.35. The van der Waals surface area contributed by atoms with E-state index in [1.54, 1.807) is 58.0 Å². The van der Waals surface area contributed by atoms with Crippen molar-refractivity contribution in [1.29, 1.82) is 0 Å². The number of fused-ring (bicyclic) bond motifs is 1. The molecule has 0 saturated carbocycles. The maximum absolute atomic E-state index is 15.8. The van der Waals surface area contributed by atoms with Crippen molar-refractivity contribution in [3.63, 3.8) is 0 Å². The van der Waals surface area contributed by atoms with Gasteiger partial charge in [0.2, 0.25) is 0 Å². The van der Waals surface area contributed by atoms with Gasteiger partial charge in [-0.3, -0.25) is 4.79 Å². The van der Waals surface area contributed by atoms with Gasteiger partial charge in [-0.1, -0.05) is 41.6 Å². The number of nitrogens with one attached hydrogen (secondary N) is 1. The predicted molar refractivity (Wildman–Crippen MR) is 148 cm³/mol. The van der Waals surface area contributed by atoms with Crippen LogP contribution in [0.25, 0.3) is 22.1 Å². The lowest BCUT2D eigenvalue weighted by Gasteiger charge is -2.20. The Morgan fingerprint density at radius 1 is 1.02 bits per heavy atom. The molecule has 0 aliphatic rings. The Morgan fingerprint density at radius 2 is 1.77 bits per heavy atom. The number of aryl methyl sites for hydroxylation is 1. The number of hydrogen-bond donors (Lipinski definition) is 1. The number of ether oxygens (including phenoxy) is 3. The van der Waals surface area contributed by atoms with Gasteiger partial charge in [0.15, 0.2) is 5.58 Å². The third kappa shape index (κ3) is 6.97. The summed E-state index contributed by atoms with van der Waals surface area (Å²) in [7, 11) is 0. The van der Waals surface area contributed by atoms with Gasteiger partial charge < -0.3 is 24.1 Å². The van der Waals surface area contributed by atoms with E-state index in [2.05, 4.69) is 10.5 Å². The molecule has 0 atom stereocenters. The Bertz CT molecular complexity index is 1520. The molecule has 210 valence electrons. The van der Waals surface area contributed by atoms with Crippen LogP contribution in [0.4, 0.5) is 9.18 Å². The molecule has 0 saturated heterocycles. The largest absolute Gasteiger partial charge is 0.489 e. The fourth-order valence-electron chi connectivity index (χ4n) is 4.23. The van der Waals surface area contributed by atoms with Crippen molar-refractivity contribution in [2.24, 2.45) is 0 Å². The van der Waals surface area contributed by atoms with E-state index in [9.17, 15) is 9.59 Å². The lowest BCUT2D eigenvalue weighted by atomic mass is 9.97. The summed E-state index contributed by atoms with van der Waals surface area (Å²) >= 11 is 0. The van der Waals surface area contributed by atoms with Gasteiger partial charge in [-0.25, -0.2) is 9.18 Å². The van der Waals surface area contributed by atoms with Crippen LogP contribution in [-0.2, 0) is 33.8 Å². The molecule has 4 rings (SSSR count). The summed E-state index contributed by atoms with van der Waals surface area (Å²) in [5.74, 6) is -0.272. The number of benzene rings is 3. The molecule has 1 aromatic heterocycles. The molecule has 9 heteroatoms. The zero-order chi connectivity index (χ0) is 28.9. The van der Waals surface area contributed by atoms with Crippen molar-refractivity contribution in [1.82, 2.24) is 10.5 Å². The molecule has 1 amide bonds. The lowest BCUT2D eigenvalue weighted by molar-refractivity contribution is -0.142. The third-order valence-electron chi connectivity index (χ3n) is 6.01. The molecule has 40 heavy (non-hydrogen) atoms. The number of aromatic nitrogens is 1. The van der Waals surface area contributed by atoms with Crippen molar-refractivity contribution >= 4 is 23.0 Å². The molecule has 8 nitrogen and oxygen atoms in total. The number of para-hydroxylation sites is 1. The minimum atomic E-state index is -0.665. The summed E-state index contributed by atoms with van der Waals surface area (Å²) in [6.45, 7) is 9.26. The highest BCUT2D eigenvalue weighted by atomic mass is 19.1. The number of carbonyl (C=O) groups excluding carboxylic acids is 2. The highest BCUT2D eigenvalue weighted by molar-refractivity contribution is 5.94. The lowest BCUT2D eigenvalue weighted by Crippen LogP contribution is -2.32. The molecule has 0 bridgehead atoms. The molecule has 0 spiro atoms. The van der Waals surface area contributed by atoms with Crippen molar-refractivity contribution in [2.45, 2.75) is 59.8 Å². The summed E-state index contributed by atoms with van der Waals surface area (Å²) in [6, 6.07) is 15.9. The molecule has 1 heterocycles. The van der Waals surface area contributed by atoms with Gasteiger partial charge >= 0.3 is 12.1 Å². The average Bonchev–Trinajstić information content (AvgIpc) is 3.27. The van der Waals surface area contributed by atoms with Crippen LogP contribution in [0.5, 0.6) is 5.75 Å². The molecule has 3 aromatic carbocycles. The summed E-state index contributed by atoms with van der Waals surface area (Å²) in [4.78, 5) is 24.1. The van der Waals surface area contributed by atoms with Crippen LogP contribution in [0.1, 0.15) is 50.1 Å². The first-order chi connectivity index (χ1) is 19.1. The monoisotopic (exact) mass is 548 g/mol. The van der Waals surface area contributed by atoms with Gasteiger partial charge in [0.1, 0.15) is 23.8 Å². The van der Waals surface area contributed by atoms with Crippen LogP contribution in [0.3, 0.4) is 0 Å². The van der Waals surface area contributed by atoms with E-state index in [0.29, 0.717) is 45.9 Å². The normalized spacial score (nSPS) is 11.3. The topological polar surface area (TPSA) is 99.9 Å². The van der Waals surface area contributed by atoms with Crippen LogP contribution >= 0.6 is 0 Å². The zero-order valence-corrected chi connectivity index (χ0v) is 23.3. The molecule has 0 aliphatic heterocycles. The van der Waals surface area contributed by atoms with Crippen molar-refractivity contribution < 1.29 is 32.7 Å². The minimum Gasteiger partial charge on any atom is -0.489 e. The van der Waals surface area contributed by atoms with E-state index < -0.39 is 17.5 Å². The Balaban J connectivity index is 1.62. The van der Waals surface area contributed by atoms with E-state index in [1.807, 2.05) is 31.2 Å². The van der Waals surface area contributed by atoms with E-state index >= 15 is 4.39 Å². The standard InChI is InChI=1S/C31H33FN2O6/c1-6-37-27(35)16-21-10-7-8-13-26(21)38-18-20-14-24-19(2)34-40-29(24)25(15-20)23-12-9-11-22(28(23)32)17-33-30(36)39-31(3,4)5/h7-15H,6,16-18H2,1-5H3,(H,33,36). The Morgan fingerprint density at radius 3 is 2.52 bits per heavy atom. The van der Waals surface area contributed by atoms with Gasteiger partial charge in [0.25, 0.3) is 0 Å². The van der Waals surface area contributed by atoms with Crippen LogP contribution in [0.15, 0.2) is 59.1 Å². The molecule has 0 aliphatic carbocycles. The number of halogens is 1. The number of esters is 1. The maximum Gasteiger partial charge on any atom is 0.407 e. The Labute approximate surface area is 232 Å². The summed E-state index contributed by atoms with van der Waals surface area (Å²) in [5.41, 5.74) is 3.01. The molecule has 0 fully saturated rings. The fraction of sp³-hybridized carbons (Fsp3) is 0.323. The van der Waals surface area contributed by atoms with E-state index in [0.717, 1.165) is 10.9 Å². The average molecular weight is 549 g/mol. The van der Waals surface area contributed by atoms with Crippen molar-refractivity contribution in [3.05, 3.63) is 82.8 Å². The molecule has 4 aromatic rings. The van der Waals surface area contributed by atoms with Gasteiger partial charge in [-0.15, -0.1) is 0 Å². The second-order valence-corrected chi connectivity index (χ2v) is 10.3. The third-order valence-corrected chi connectivity index (χ3v) is 6.01. The predicted octanol–water partition coefficient (Wildman–Crippen LogP) is 6.65. The number of amides is 1. The summed E-state index contributed by atoms with van der Waals surface area (Å²) in [5, 5.41) is 7.42. The molecule has 1 N–H and O–H groups in total. The summed E-state index contributed by atoms with van der Waals surface area (Å²) in [6.07, 6.45) is -0.540. The van der Waals surface area contributed by atoms with Gasteiger partial charge in [0.05, 0.1) is 18.7 Å². The smallest absolute Gasteiger partial charge is 0.407 e. The van der Waals surface area contributed by atoms with E-state index in [1.165, 1.54) is 0 Å². The first-order valence-electron chi connectivity index (χ1n) is 13.1. The second kappa shape index (κ2) is 12.2. The minimum absolute atomic E-state index is 0.0484. The maximum atomic E-state index is 15.8. The van der Waals surface area contributed by atoms with Crippen LogP contribution in [0, 0.1) is 12.7 Å². The number of alkyl carbamates (subject to hydrolysis) is 1. The molecular weight excluding hydrogens is 515 g/mol. The Kier molecular flexibility index (Phi) is 8.72. The molecule has 0 radical (unpaired) electrons. The summed E-state index contributed by atoms with van der Waals surface area (Å²) < 4.78 is 37.8. The first-order valence-corrected chi connectivity index (χ1v) is 13.1. The molecule has 0 unspecified atom stereocenters. The SMILES string of the molecule is CCOC(=O)Cc1ccccc1OCc1cc(-c2cccc(CNC(=O)OC(C)(C)C)c2F)c2onc(C)c2c1. The van der Waals surface area contributed by atoms with Crippen LogP contribution in [-0.4, -0.2) is 29.4 Å². The van der Waals surface area contributed by atoms with Crippen molar-refractivity contribution in [3.8, 4) is 16.9 Å². The number of nitrogens with zero attached hydrogens (tertiary/aromatic N) is 1. The van der Waals surface area contributed by atoms with Gasteiger partial charge in [-0.05, 0) is 58.4 Å². The highest BCUT2D eigenvalue weighted by Gasteiger charge is 2.20. The number of rotatable bonds is 9. The quantitative estimate of drug-likeness (QED) is 0.234. The van der Waals surface area contributed by atoms with Crippen LogP contribution in [0.2, 0.25) is 0 Å². The zero-order valence-electron chi connectivity index (χ0n) is 23.3. The number of carbonyl (C=O) groups is 2. The van der Waals surface area contributed by atoms with Crippen LogP contribution < -0.4 is 10.1 Å². The second-order valence-electron chi connectivity index (χ2n) is 10.3.